The van der Waals surface area contributed by atoms with E-state index in [0.29, 0.717) is 29.6 Å². The van der Waals surface area contributed by atoms with Crippen LogP contribution in [0.2, 0.25) is 5.02 Å². The third-order valence-electron chi connectivity index (χ3n) is 7.04. The number of nitrogens with zero attached hydrogens (tertiary/aromatic N) is 1. The highest BCUT2D eigenvalue weighted by molar-refractivity contribution is 6.33. The lowest BCUT2D eigenvalue weighted by Crippen LogP contribution is -2.32. The van der Waals surface area contributed by atoms with Crippen LogP contribution < -0.4 is 5.32 Å². The Hall–Kier alpha value is -3.14. The van der Waals surface area contributed by atoms with E-state index in [4.69, 9.17) is 11.6 Å². The highest BCUT2D eigenvalue weighted by Gasteiger charge is 2.36. The lowest BCUT2D eigenvalue weighted by Gasteiger charge is -2.23. The molecule has 172 valence electrons. The molecule has 0 aliphatic carbocycles. The molecule has 5 rings (SSSR count). The zero-order valence-electron chi connectivity index (χ0n) is 19.3. The Bertz CT molecular complexity index is 1280. The Kier molecular flexibility index (Phi) is 6.66. The first-order chi connectivity index (χ1) is 16.6. The predicted octanol–water partition coefficient (Wildman–Crippen LogP) is 6.70. The van der Waals surface area contributed by atoms with Crippen molar-refractivity contribution in [1.29, 1.82) is 0 Å². The van der Waals surface area contributed by atoms with E-state index < -0.39 is 0 Å². The van der Waals surface area contributed by atoms with Gasteiger partial charge in [0.2, 0.25) is 0 Å². The van der Waals surface area contributed by atoms with Gasteiger partial charge in [-0.1, -0.05) is 96.5 Å². The number of likely N-dealkylation sites (tertiary alicyclic amines) is 1. The average Bonchev–Trinajstić information content (AvgIpc) is 3.31. The molecule has 0 spiro atoms. The fraction of sp³-hybridized carbons (Fsp3) is 0.233. The van der Waals surface area contributed by atoms with Gasteiger partial charge in [-0.15, -0.1) is 0 Å². The SMILES string of the molecule is C[C@@H](NCC1CN(C(=O)c2ccccc2Cl)CC1c1ccccc1)c1cccc2ccccc12. The van der Waals surface area contributed by atoms with E-state index >= 15 is 0 Å². The molecule has 1 fully saturated rings. The van der Waals surface area contributed by atoms with Crippen molar-refractivity contribution in [2.75, 3.05) is 19.6 Å². The molecule has 4 aromatic carbocycles. The van der Waals surface area contributed by atoms with Crippen LogP contribution in [-0.2, 0) is 0 Å². The van der Waals surface area contributed by atoms with Crippen LogP contribution in [0.4, 0.5) is 0 Å². The summed E-state index contributed by atoms with van der Waals surface area (Å²) in [6, 6.07) is 33.1. The molecule has 0 aromatic heterocycles. The highest BCUT2D eigenvalue weighted by Crippen LogP contribution is 2.34. The molecule has 4 heteroatoms. The second-order valence-corrected chi connectivity index (χ2v) is 9.57. The van der Waals surface area contributed by atoms with Gasteiger partial charge in [0.25, 0.3) is 5.91 Å². The van der Waals surface area contributed by atoms with Gasteiger partial charge < -0.3 is 10.2 Å². The van der Waals surface area contributed by atoms with Gasteiger partial charge in [0.15, 0.2) is 0 Å². The van der Waals surface area contributed by atoms with Crippen molar-refractivity contribution < 1.29 is 4.79 Å². The summed E-state index contributed by atoms with van der Waals surface area (Å²) in [6.45, 7) is 4.46. The molecular weight excluding hydrogens is 440 g/mol. The first kappa shape index (κ1) is 22.6. The number of hydrogen-bond donors (Lipinski definition) is 1. The standard InChI is InChI=1S/C30H29ClN2O/c1-21(25-16-9-13-22-12-5-6-14-26(22)25)32-18-24-19-33(20-28(24)23-10-3-2-4-11-23)30(34)27-15-7-8-17-29(27)31/h2-17,21,24,28,32H,18-20H2,1H3/t21-,24?,28?/m1/s1. The van der Waals surface area contributed by atoms with E-state index in [2.05, 4.69) is 79.0 Å². The molecule has 1 heterocycles. The topological polar surface area (TPSA) is 32.3 Å². The minimum atomic E-state index is 0.0103. The number of carbonyl (C=O) groups is 1. The maximum atomic E-state index is 13.3. The van der Waals surface area contributed by atoms with Crippen LogP contribution in [0, 0.1) is 5.92 Å². The second-order valence-electron chi connectivity index (χ2n) is 9.17. The minimum Gasteiger partial charge on any atom is -0.338 e. The normalized spacial score (nSPS) is 18.8. The maximum Gasteiger partial charge on any atom is 0.255 e. The molecule has 4 aromatic rings. The lowest BCUT2D eigenvalue weighted by atomic mass is 9.88. The number of hydrogen-bond acceptors (Lipinski definition) is 2. The van der Waals surface area contributed by atoms with Crippen LogP contribution in [0.5, 0.6) is 0 Å². The zero-order valence-corrected chi connectivity index (χ0v) is 20.1. The number of carbonyl (C=O) groups excluding carboxylic acids is 1. The van der Waals surface area contributed by atoms with Crippen molar-refractivity contribution in [3.8, 4) is 0 Å². The molecule has 2 unspecified atom stereocenters. The van der Waals surface area contributed by atoms with Gasteiger partial charge in [-0.05, 0) is 46.9 Å². The molecule has 1 N–H and O–H groups in total. The first-order valence-electron chi connectivity index (χ1n) is 11.9. The molecule has 1 aliphatic heterocycles. The van der Waals surface area contributed by atoms with Crippen LogP contribution in [-0.4, -0.2) is 30.4 Å². The van der Waals surface area contributed by atoms with E-state index in [1.807, 2.05) is 29.2 Å². The van der Waals surface area contributed by atoms with E-state index in [9.17, 15) is 4.79 Å². The third kappa shape index (κ3) is 4.59. The summed E-state index contributed by atoms with van der Waals surface area (Å²) in [4.78, 5) is 15.3. The number of fused-ring (bicyclic) bond motifs is 1. The monoisotopic (exact) mass is 468 g/mol. The van der Waals surface area contributed by atoms with Gasteiger partial charge in [0.1, 0.15) is 0 Å². The van der Waals surface area contributed by atoms with E-state index in [1.165, 1.54) is 21.9 Å². The summed E-state index contributed by atoms with van der Waals surface area (Å²) >= 11 is 6.35. The molecule has 0 radical (unpaired) electrons. The number of amides is 1. The van der Waals surface area contributed by atoms with Crippen LogP contribution in [0.25, 0.3) is 10.8 Å². The van der Waals surface area contributed by atoms with Crippen LogP contribution >= 0.6 is 11.6 Å². The van der Waals surface area contributed by atoms with Crippen LogP contribution in [0.1, 0.15) is 40.4 Å². The Balaban J connectivity index is 1.36. The summed E-state index contributed by atoms with van der Waals surface area (Å²) in [5, 5.41) is 6.83. The number of rotatable bonds is 6. The summed E-state index contributed by atoms with van der Waals surface area (Å²) < 4.78 is 0. The van der Waals surface area contributed by atoms with Gasteiger partial charge >= 0.3 is 0 Å². The van der Waals surface area contributed by atoms with Gasteiger partial charge in [-0.25, -0.2) is 0 Å². The smallest absolute Gasteiger partial charge is 0.255 e. The van der Waals surface area contributed by atoms with Crippen molar-refractivity contribution in [3.63, 3.8) is 0 Å². The quantitative estimate of drug-likeness (QED) is 0.341. The van der Waals surface area contributed by atoms with E-state index in [0.717, 1.165) is 6.54 Å². The molecular formula is C30H29ClN2O. The molecule has 0 bridgehead atoms. The summed E-state index contributed by atoms with van der Waals surface area (Å²) in [6.07, 6.45) is 0. The molecule has 3 nitrogen and oxygen atoms in total. The van der Waals surface area contributed by atoms with Crippen LogP contribution in [0.3, 0.4) is 0 Å². The average molecular weight is 469 g/mol. The number of halogens is 1. The first-order valence-corrected chi connectivity index (χ1v) is 12.3. The van der Waals surface area contributed by atoms with Gasteiger partial charge in [-0.2, -0.15) is 0 Å². The molecule has 1 saturated heterocycles. The third-order valence-corrected chi connectivity index (χ3v) is 7.37. The Morgan fingerprint density at radius 3 is 2.44 bits per heavy atom. The molecule has 34 heavy (non-hydrogen) atoms. The predicted molar refractivity (Wildman–Crippen MR) is 140 cm³/mol. The minimum absolute atomic E-state index is 0.0103. The molecule has 1 aliphatic rings. The van der Waals surface area contributed by atoms with Crippen molar-refractivity contribution in [2.24, 2.45) is 5.92 Å². The van der Waals surface area contributed by atoms with Crippen LogP contribution in [0.15, 0.2) is 97.1 Å². The number of nitrogens with one attached hydrogen (secondary N) is 1. The summed E-state index contributed by atoms with van der Waals surface area (Å²) in [5.41, 5.74) is 3.16. The molecule has 0 saturated carbocycles. The maximum absolute atomic E-state index is 13.3. The fourth-order valence-corrected chi connectivity index (χ4v) is 5.41. The van der Waals surface area contributed by atoms with Crippen molar-refractivity contribution in [2.45, 2.75) is 18.9 Å². The van der Waals surface area contributed by atoms with Gasteiger partial charge in [-0.3, -0.25) is 4.79 Å². The summed E-state index contributed by atoms with van der Waals surface area (Å²) in [5.74, 6) is 0.599. The van der Waals surface area contributed by atoms with Gasteiger partial charge in [0.05, 0.1) is 10.6 Å². The largest absolute Gasteiger partial charge is 0.338 e. The van der Waals surface area contributed by atoms with E-state index in [-0.39, 0.29) is 17.9 Å². The van der Waals surface area contributed by atoms with Crippen molar-refractivity contribution in [1.82, 2.24) is 10.2 Å². The van der Waals surface area contributed by atoms with Crippen molar-refractivity contribution >= 4 is 28.3 Å². The molecule has 1 amide bonds. The summed E-state index contributed by atoms with van der Waals surface area (Å²) in [7, 11) is 0. The Morgan fingerprint density at radius 1 is 0.912 bits per heavy atom. The van der Waals surface area contributed by atoms with E-state index in [1.54, 1.807) is 6.07 Å². The highest BCUT2D eigenvalue weighted by atomic mass is 35.5. The van der Waals surface area contributed by atoms with Crippen molar-refractivity contribution in [3.05, 3.63) is 119 Å². The lowest BCUT2D eigenvalue weighted by molar-refractivity contribution is 0.0786. The second kappa shape index (κ2) is 10.0. The number of benzene rings is 4. The Morgan fingerprint density at radius 2 is 1.62 bits per heavy atom. The fourth-order valence-electron chi connectivity index (χ4n) is 5.19. The molecule has 3 atom stereocenters. The van der Waals surface area contributed by atoms with Gasteiger partial charge in [0, 0.05) is 31.6 Å². The Labute approximate surface area is 206 Å². The zero-order chi connectivity index (χ0) is 23.5.